The SMILES string of the molecule is CCOc1cc(CNC(C)C23CC4CC(CC(C4)C2)C3)cc(Br)c1OCc1c(Cl)cccc1Cl. The Bertz CT molecular complexity index is 988. The van der Waals surface area contributed by atoms with Gasteiger partial charge in [0.1, 0.15) is 6.61 Å². The van der Waals surface area contributed by atoms with Gasteiger partial charge in [-0.15, -0.1) is 0 Å². The predicted molar refractivity (Wildman–Crippen MR) is 143 cm³/mol. The standard InChI is InChI=1S/C28H34BrCl2NO2/c1-3-33-26-11-21(10-23(29)27(26)34-16-22-24(30)5-4-6-25(22)31)15-32-17(2)28-12-18-7-19(13-28)9-20(8-18)14-28/h4-6,10-11,17-20,32H,3,7-9,12-16H2,1-2H3. The highest BCUT2D eigenvalue weighted by Crippen LogP contribution is 2.61. The molecule has 2 aromatic carbocycles. The van der Waals surface area contributed by atoms with Crippen molar-refractivity contribution < 1.29 is 9.47 Å². The molecule has 6 rings (SSSR count). The maximum absolute atomic E-state index is 6.33. The summed E-state index contributed by atoms with van der Waals surface area (Å²) in [5.41, 5.74) is 2.46. The van der Waals surface area contributed by atoms with Crippen molar-refractivity contribution in [3.05, 3.63) is 56.0 Å². The Morgan fingerprint density at radius 2 is 1.65 bits per heavy atom. The highest BCUT2D eigenvalue weighted by atomic mass is 79.9. The molecule has 4 aliphatic rings. The third kappa shape index (κ3) is 4.98. The molecule has 0 spiro atoms. The van der Waals surface area contributed by atoms with Gasteiger partial charge in [0.25, 0.3) is 0 Å². The summed E-state index contributed by atoms with van der Waals surface area (Å²) in [6.45, 7) is 6.06. The van der Waals surface area contributed by atoms with E-state index in [9.17, 15) is 0 Å². The van der Waals surface area contributed by atoms with Gasteiger partial charge in [-0.2, -0.15) is 0 Å². The summed E-state index contributed by atoms with van der Waals surface area (Å²) >= 11 is 16.4. The first kappa shape index (κ1) is 24.7. The first-order valence-corrected chi connectivity index (χ1v) is 14.2. The highest BCUT2D eigenvalue weighted by molar-refractivity contribution is 9.10. The summed E-state index contributed by atoms with van der Waals surface area (Å²) < 4.78 is 13.0. The Balaban J connectivity index is 1.28. The van der Waals surface area contributed by atoms with Gasteiger partial charge >= 0.3 is 0 Å². The van der Waals surface area contributed by atoms with Crippen LogP contribution in [-0.2, 0) is 13.2 Å². The van der Waals surface area contributed by atoms with Crippen molar-refractivity contribution in [2.24, 2.45) is 23.2 Å². The molecular formula is C28H34BrCl2NO2. The van der Waals surface area contributed by atoms with Crippen LogP contribution < -0.4 is 14.8 Å². The summed E-state index contributed by atoms with van der Waals surface area (Å²) in [7, 11) is 0. The van der Waals surface area contributed by atoms with Gasteiger partial charge in [0, 0.05) is 28.2 Å². The van der Waals surface area contributed by atoms with Crippen LogP contribution in [0.4, 0.5) is 0 Å². The molecule has 1 unspecified atom stereocenters. The summed E-state index contributed by atoms with van der Waals surface area (Å²) in [5, 5.41) is 5.09. The Labute approximate surface area is 222 Å². The number of hydrogen-bond acceptors (Lipinski definition) is 3. The van der Waals surface area contributed by atoms with Gasteiger partial charge in [-0.05, 0) is 121 Å². The molecule has 3 nitrogen and oxygen atoms in total. The molecule has 4 bridgehead atoms. The van der Waals surface area contributed by atoms with Crippen molar-refractivity contribution in [2.45, 2.75) is 71.6 Å². The second-order valence-corrected chi connectivity index (χ2v) is 12.4. The minimum absolute atomic E-state index is 0.276. The quantitative estimate of drug-likeness (QED) is 0.330. The van der Waals surface area contributed by atoms with Crippen LogP contribution >= 0.6 is 39.1 Å². The van der Waals surface area contributed by atoms with Gasteiger partial charge in [-0.25, -0.2) is 0 Å². The van der Waals surface area contributed by atoms with Crippen molar-refractivity contribution >= 4 is 39.1 Å². The van der Waals surface area contributed by atoms with Crippen molar-refractivity contribution in [1.82, 2.24) is 5.32 Å². The van der Waals surface area contributed by atoms with E-state index >= 15 is 0 Å². The van der Waals surface area contributed by atoms with E-state index in [1.807, 2.05) is 25.1 Å². The lowest BCUT2D eigenvalue weighted by Crippen LogP contribution is -2.54. The Hall–Kier alpha value is -0.940. The van der Waals surface area contributed by atoms with Crippen LogP contribution in [-0.4, -0.2) is 12.6 Å². The van der Waals surface area contributed by atoms with Gasteiger partial charge in [-0.1, -0.05) is 29.3 Å². The number of ether oxygens (including phenoxy) is 2. The summed E-state index contributed by atoms with van der Waals surface area (Å²) in [6, 6.07) is 10.2. The van der Waals surface area contributed by atoms with Gasteiger partial charge in [0.05, 0.1) is 11.1 Å². The molecule has 184 valence electrons. The molecule has 1 N–H and O–H groups in total. The minimum Gasteiger partial charge on any atom is -0.490 e. The van der Waals surface area contributed by atoms with E-state index in [1.54, 1.807) is 0 Å². The van der Waals surface area contributed by atoms with Gasteiger partial charge in [0.2, 0.25) is 0 Å². The van der Waals surface area contributed by atoms with E-state index in [0.717, 1.165) is 40.1 Å². The zero-order chi connectivity index (χ0) is 23.9. The summed E-state index contributed by atoms with van der Waals surface area (Å²) in [5.74, 6) is 4.32. The first-order chi connectivity index (χ1) is 16.4. The third-order valence-electron chi connectivity index (χ3n) is 8.41. The van der Waals surface area contributed by atoms with Gasteiger partial charge in [0.15, 0.2) is 11.5 Å². The molecule has 2 aromatic rings. The molecule has 0 saturated heterocycles. The number of rotatable bonds is 9. The van der Waals surface area contributed by atoms with Crippen molar-refractivity contribution in [3.8, 4) is 11.5 Å². The molecule has 4 aliphatic carbocycles. The average molecular weight is 567 g/mol. The van der Waals surface area contributed by atoms with Crippen molar-refractivity contribution in [2.75, 3.05) is 6.61 Å². The van der Waals surface area contributed by atoms with E-state index in [4.69, 9.17) is 32.7 Å². The smallest absolute Gasteiger partial charge is 0.175 e. The molecule has 0 heterocycles. The van der Waals surface area contributed by atoms with Gasteiger partial charge < -0.3 is 14.8 Å². The second-order valence-electron chi connectivity index (χ2n) is 10.7. The fourth-order valence-electron chi connectivity index (χ4n) is 7.14. The Morgan fingerprint density at radius 3 is 2.24 bits per heavy atom. The van der Waals surface area contributed by atoms with E-state index < -0.39 is 0 Å². The van der Waals surface area contributed by atoms with Crippen LogP contribution in [0.25, 0.3) is 0 Å². The zero-order valence-corrected chi connectivity index (χ0v) is 23.1. The summed E-state index contributed by atoms with van der Waals surface area (Å²) in [4.78, 5) is 0. The maximum Gasteiger partial charge on any atom is 0.175 e. The molecule has 0 aromatic heterocycles. The number of hydrogen-bond donors (Lipinski definition) is 1. The molecule has 4 fully saturated rings. The maximum atomic E-state index is 6.33. The molecule has 1 atom stereocenters. The van der Waals surface area contributed by atoms with Crippen molar-refractivity contribution in [1.29, 1.82) is 0 Å². The minimum atomic E-state index is 0.276. The number of benzene rings is 2. The topological polar surface area (TPSA) is 30.5 Å². The molecule has 4 saturated carbocycles. The van der Waals surface area contributed by atoms with E-state index in [1.165, 1.54) is 44.1 Å². The molecule has 0 aliphatic heterocycles. The number of nitrogens with one attached hydrogen (secondary N) is 1. The molecule has 34 heavy (non-hydrogen) atoms. The van der Waals surface area contributed by atoms with Crippen LogP contribution in [0.1, 0.15) is 63.5 Å². The monoisotopic (exact) mass is 565 g/mol. The molecule has 0 amide bonds. The molecular weight excluding hydrogens is 533 g/mol. The molecule has 0 radical (unpaired) electrons. The largest absolute Gasteiger partial charge is 0.490 e. The normalized spacial score (nSPS) is 28.2. The third-order valence-corrected chi connectivity index (χ3v) is 9.71. The second kappa shape index (κ2) is 10.2. The van der Waals surface area contributed by atoms with Crippen LogP contribution in [0.3, 0.4) is 0 Å². The van der Waals surface area contributed by atoms with Crippen LogP contribution in [0, 0.1) is 23.2 Å². The van der Waals surface area contributed by atoms with E-state index in [0.29, 0.717) is 33.9 Å². The lowest BCUT2D eigenvalue weighted by Gasteiger charge is -2.59. The van der Waals surface area contributed by atoms with Crippen molar-refractivity contribution in [3.63, 3.8) is 0 Å². The lowest BCUT2D eigenvalue weighted by atomic mass is 9.48. The van der Waals surface area contributed by atoms with Gasteiger partial charge in [-0.3, -0.25) is 0 Å². The Kier molecular flexibility index (Phi) is 7.42. The number of halogens is 3. The lowest BCUT2D eigenvalue weighted by molar-refractivity contribution is -0.0706. The predicted octanol–water partition coefficient (Wildman–Crippen LogP) is 8.43. The Morgan fingerprint density at radius 1 is 1.03 bits per heavy atom. The molecule has 6 heteroatoms. The van der Waals surface area contributed by atoms with Crippen LogP contribution in [0.2, 0.25) is 10.0 Å². The van der Waals surface area contributed by atoms with Crippen LogP contribution in [0.5, 0.6) is 11.5 Å². The summed E-state index contributed by atoms with van der Waals surface area (Å²) in [6.07, 6.45) is 8.70. The van der Waals surface area contributed by atoms with E-state index in [-0.39, 0.29) is 6.61 Å². The van der Waals surface area contributed by atoms with Crippen LogP contribution in [0.15, 0.2) is 34.8 Å². The first-order valence-electron chi connectivity index (χ1n) is 12.6. The highest BCUT2D eigenvalue weighted by Gasteiger charge is 2.52. The fraction of sp³-hybridized carbons (Fsp3) is 0.571. The zero-order valence-electron chi connectivity index (χ0n) is 20.0. The fourth-order valence-corrected chi connectivity index (χ4v) is 8.25. The average Bonchev–Trinajstić information content (AvgIpc) is 2.77. The van der Waals surface area contributed by atoms with E-state index in [2.05, 4.69) is 40.3 Å².